The summed E-state index contributed by atoms with van der Waals surface area (Å²) in [6.07, 6.45) is 1.59. The van der Waals surface area contributed by atoms with E-state index in [-0.39, 0.29) is 10.7 Å². The predicted octanol–water partition coefficient (Wildman–Crippen LogP) is 7.54. The van der Waals surface area contributed by atoms with Gasteiger partial charge in [0, 0.05) is 14.5 Å². The molecule has 4 aromatic carbocycles. The standard InChI is InChI=1S/C30H20Br2N2O3S/c31-22-14-13-21(27(32)18-22)19-37-25-15-11-20(12-16-25)17-26-28(35)33(23-7-3-1-4-8-23)30(38)34(29(26)36)24-9-5-2-6-10-24/h1-18H,19H2. The molecule has 1 aliphatic rings. The van der Waals surface area contributed by atoms with Gasteiger partial charge in [0.1, 0.15) is 17.9 Å². The molecule has 0 N–H and O–H groups in total. The fraction of sp³-hybridized carbons (Fsp3) is 0.0333. The molecule has 1 saturated heterocycles. The number of para-hydroxylation sites is 2. The van der Waals surface area contributed by atoms with Crippen molar-refractivity contribution in [3.8, 4) is 5.75 Å². The zero-order valence-corrected chi connectivity index (χ0v) is 23.9. The van der Waals surface area contributed by atoms with Gasteiger partial charge in [-0.05, 0) is 72.4 Å². The van der Waals surface area contributed by atoms with Crippen LogP contribution < -0.4 is 14.5 Å². The summed E-state index contributed by atoms with van der Waals surface area (Å²) >= 11 is 12.6. The van der Waals surface area contributed by atoms with Gasteiger partial charge in [-0.2, -0.15) is 0 Å². The van der Waals surface area contributed by atoms with E-state index in [0.29, 0.717) is 29.3 Å². The first-order valence-corrected chi connectivity index (χ1v) is 13.6. The van der Waals surface area contributed by atoms with Gasteiger partial charge in [-0.25, -0.2) is 0 Å². The van der Waals surface area contributed by atoms with Gasteiger partial charge >= 0.3 is 0 Å². The van der Waals surface area contributed by atoms with Crippen LogP contribution in [0.5, 0.6) is 5.75 Å². The zero-order chi connectivity index (χ0) is 26.6. The molecule has 1 fully saturated rings. The fourth-order valence-corrected chi connectivity index (χ4v) is 5.50. The number of halogens is 2. The number of amides is 2. The number of carbonyl (C=O) groups is 2. The minimum atomic E-state index is -0.473. The van der Waals surface area contributed by atoms with E-state index in [4.69, 9.17) is 17.0 Å². The van der Waals surface area contributed by atoms with Crippen molar-refractivity contribution >= 4 is 78.5 Å². The van der Waals surface area contributed by atoms with Crippen molar-refractivity contribution in [3.63, 3.8) is 0 Å². The van der Waals surface area contributed by atoms with E-state index in [2.05, 4.69) is 31.9 Å². The second kappa shape index (κ2) is 11.4. The van der Waals surface area contributed by atoms with E-state index in [0.717, 1.165) is 14.5 Å². The molecular weight excluding hydrogens is 628 g/mol. The van der Waals surface area contributed by atoms with E-state index in [1.54, 1.807) is 30.3 Å². The third-order valence-electron chi connectivity index (χ3n) is 5.88. The van der Waals surface area contributed by atoms with Gasteiger partial charge in [0.25, 0.3) is 11.8 Å². The van der Waals surface area contributed by atoms with Crippen molar-refractivity contribution in [3.05, 3.63) is 129 Å². The Morgan fingerprint density at radius 1 is 0.737 bits per heavy atom. The number of benzene rings is 4. The summed E-state index contributed by atoms with van der Waals surface area (Å²) in [5.41, 5.74) is 2.89. The average Bonchev–Trinajstić information content (AvgIpc) is 2.92. The highest BCUT2D eigenvalue weighted by Crippen LogP contribution is 2.30. The molecule has 0 radical (unpaired) electrons. The van der Waals surface area contributed by atoms with Crippen LogP contribution in [0.4, 0.5) is 11.4 Å². The topological polar surface area (TPSA) is 49.9 Å². The van der Waals surface area contributed by atoms with Crippen molar-refractivity contribution in [1.82, 2.24) is 0 Å². The molecule has 1 heterocycles. The van der Waals surface area contributed by atoms with Crippen LogP contribution in [0.25, 0.3) is 6.08 Å². The highest BCUT2D eigenvalue weighted by Gasteiger charge is 2.41. The Morgan fingerprint density at radius 3 is 1.82 bits per heavy atom. The van der Waals surface area contributed by atoms with Crippen LogP contribution in [0.2, 0.25) is 0 Å². The lowest BCUT2D eigenvalue weighted by Gasteiger charge is -2.36. The predicted molar refractivity (Wildman–Crippen MR) is 161 cm³/mol. The molecule has 0 aromatic heterocycles. The summed E-state index contributed by atoms with van der Waals surface area (Å²) in [7, 11) is 0. The van der Waals surface area contributed by atoms with E-state index >= 15 is 0 Å². The Bertz CT molecular complexity index is 1480. The lowest BCUT2D eigenvalue weighted by Crippen LogP contribution is -2.56. The van der Waals surface area contributed by atoms with Gasteiger partial charge in [0.05, 0.1) is 11.4 Å². The second-order valence-electron chi connectivity index (χ2n) is 8.39. The lowest BCUT2D eigenvalue weighted by atomic mass is 10.0. The van der Waals surface area contributed by atoms with Gasteiger partial charge in [0.2, 0.25) is 0 Å². The SMILES string of the molecule is O=C1C(=Cc2ccc(OCc3ccc(Br)cc3Br)cc2)C(=O)N(c2ccccc2)C(=S)N1c1ccccc1. The van der Waals surface area contributed by atoms with E-state index in [9.17, 15) is 9.59 Å². The lowest BCUT2D eigenvalue weighted by molar-refractivity contribution is -0.120. The summed E-state index contributed by atoms with van der Waals surface area (Å²) in [5.74, 6) is -0.279. The average molecular weight is 648 g/mol. The molecule has 4 aromatic rings. The molecule has 38 heavy (non-hydrogen) atoms. The Labute approximate surface area is 242 Å². The van der Waals surface area contributed by atoms with Crippen LogP contribution in [0.15, 0.2) is 118 Å². The minimum Gasteiger partial charge on any atom is -0.489 e. The number of carbonyl (C=O) groups excluding carboxylic acids is 2. The summed E-state index contributed by atoms with van der Waals surface area (Å²) in [6, 6.07) is 31.3. The number of nitrogens with zero attached hydrogens (tertiary/aromatic N) is 2. The van der Waals surface area contributed by atoms with E-state index < -0.39 is 11.8 Å². The minimum absolute atomic E-state index is 0.0127. The van der Waals surface area contributed by atoms with Gasteiger partial charge in [-0.15, -0.1) is 0 Å². The fourth-order valence-electron chi connectivity index (χ4n) is 3.97. The van der Waals surface area contributed by atoms with Crippen molar-refractivity contribution in [1.29, 1.82) is 0 Å². The second-order valence-corrected chi connectivity index (χ2v) is 10.5. The van der Waals surface area contributed by atoms with Gasteiger partial charge in [0.15, 0.2) is 5.11 Å². The summed E-state index contributed by atoms with van der Waals surface area (Å²) < 4.78 is 7.86. The molecule has 0 atom stereocenters. The Hall–Kier alpha value is -3.59. The van der Waals surface area contributed by atoms with Crippen molar-refractivity contribution in [2.24, 2.45) is 0 Å². The van der Waals surface area contributed by atoms with Crippen LogP contribution in [0.3, 0.4) is 0 Å². The maximum absolute atomic E-state index is 13.6. The van der Waals surface area contributed by atoms with Crippen LogP contribution in [0.1, 0.15) is 11.1 Å². The maximum Gasteiger partial charge on any atom is 0.270 e. The highest BCUT2D eigenvalue weighted by molar-refractivity contribution is 9.11. The number of thiocarbonyl (C=S) groups is 1. The van der Waals surface area contributed by atoms with Crippen LogP contribution >= 0.6 is 44.1 Å². The third-order valence-corrected chi connectivity index (χ3v) is 7.48. The van der Waals surface area contributed by atoms with Crippen molar-refractivity contribution in [2.45, 2.75) is 6.61 Å². The third kappa shape index (κ3) is 5.48. The van der Waals surface area contributed by atoms with Crippen LogP contribution in [-0.2, 0) is 16.2 Å². The first-order valence-electron chi connectivity index (χ1n) is 11.6. The monoisotopic (exact) mass is 646 g/mol. The Balaban J connectivity index is 1.44. The highest BCUT2D eigenvalue weighted by atomic mass is 79.9. The molecule has 8 heteroatoms. The number of hydrogen-bond acceptors (Lipinski definition) is 4. The molecule has 5 nitrogen and oxygen atoms in total. The van der Waals surface area contributed by atoms with E-state index in [1.807, 2.05) is 78.9 Å². The first-order chi connectivity index (χ1) is 18.4. The number of ether oxygens (including phenoxy) is 1. The van der Waals surface area contributed by atoms with Gasteiger partial charge < -0.3 is 4.74 Å². The molecule has 0 aliphatic carbocycles. The maximum atomic E-state index is 13.6. The Kier molecular flexibility index (Phi) is 7.83. The molecule has 0 spiro atoms. The number of hydrogen-bond donors (Lipinski definition) is 0. The largest absolute Gasteiger partial charge is 0.489 e. The smallest absolute Gasteiger partial charge is 0.270 e. The Morgan fingerprint density at radius 2 is 1.29 bits per heavy atom. The van der Waals surface area contributed by atoms with E-state index in [1.165, 1.54) is 9.80 Å². The molecule has 0 saturated carbocycles. The number of anilines is 2. The zero-order valence-electron chi connectivity index (χ0n) is 19.9. The van der Waals surface area contributed by atoms with Gasteiger partial charge in [-0.1, -0.05) is 86.5 Å². The summed E-state index contributed by atoms with van der Waals surface area (Å²) in [4.78, 5) is 30.0. The molecule has 188 valence electrons. The molecule has 1 aliphatic heterocycles. The molecule has 0 bridgehead atoms. The van der Waals surface area contributed by atoms with Crippen LogP contribution in [-0.4, -0.2) is 16.9 Å². The van der Waals surface area contributed by atoms with Crippen molar-refractivity contribution in [2.75, 3.05) is 9.80 Å². The first kappa shape index (κ1) is 26.0. The summed E-state index contributed by atoms with van der Waals surface area (Å²) in [5, 5.41) is 0.109. The quantitative estimate of drug-likeness (QED) is 0.123. The van der Waals surface area contributed by atoms with Gasteiger partial charge in [-0.3, -0.25) is 19.4 Å². The number of rotatable bonds is 6. The molecule has 0 unspecified atom stereocenters. The normalized spacial score (nSPS) is 13.6. The summed E-state index contributed by atoms with van der Waals surface area (Å²) in [6.45, 7) is 0.390. The van der Waals surface area contributed by atoms with Crippen LogP contribution in [0, 0.1) is 0 Å². The molecular formula is C30H20Br2N2O3S. The molecule has 5 rings (SSSR count). The molecule has 2 amide bonds. The van der Waals surface area contributed by atoms with Crippen molar-refractivity contribution < 1.29 is 14.3 Å².